The molecule has 2 aromatic carbocycles. The standard InChI is InChI=1S/C21H22O6S/c22-20(23)16-12-7-13-17(21(24)25)18(16)19(14-8-3-1-4-9-14)28(26,27)15-10-5-2-6-11-15/h2,5-7,10-14,19H,1,3-4,8-9H2,(H,22,23)(H,24,25). The van der Waals surface area contributed by atoms with Gasteiger partial charge in [-0.15, -0.1) is 0 Å². The molecule has 2 aromatic rings. The predicted molar refractivity (Wildman–Crippen MR) is 103 cm³/mol. The van der Waals surface area contributed by atoms with E-state index in [4.69, 9.17) is 0 Å². The van der Waals surface area contributed by atoms with E-state index in [9.17, 15) is 28.2 Å². The molecule has 1 unspecified atom stereocenters. The van der Waals surface area contributed by atoms with Gasteiger partial charge in [-0.3, -0.25) is 0 Å². The number of benzene rings is 2. The normalized spacial score (nSPS) is 16.4. The van der Waals surface area contributed by atoms with Crippen LogP contribution in [0.15, 0.2) is 53.4 Å². The zero-order chi connectivity index (χ0) is 20.3. The van der Waals surface area contributed by atoms with Gasteiger partial charge in [0.05, 0.1) is 21.3 Å². The minimum absolute atomic E-state index is 0.0714. The van der Waals surface area contributed by atoms with E-state index in [-0.39, 0.29) is 27.5 Å². The highest BCUT2D eigenvalue weighted by molar-refractivity contribution is 7.91. The van der Waals surface area contributed by atoms with E-state index < -0.39 is 27.0 Å². The molecule has 0 radical (unpaired) electrons. The van der Waals surface area contributed by atoms with Crippen molar-refractivity contribution in [2.45, 2.75) is 42.2 Å². The Labute approximate surface area is 163 Å². The van der Waals surface area contributed by atoms with Crippen LogP contribution in [0.2, 0.25) is 0 Å². The fourth-order valence-electron chi connectivity index (χ4n) is 4.08. The number of sulfone groups is 1. The quantitative estimate of drug-likeness (QED) is 0.750. The van der Waals surface area contributed by atoms with Crippen LogP contribution in [0.4, 0.5) is 0 Å². The van der Waals surface area contributed by atoms with Crippen molar-refractivity contribution in [3.63, 3.8) is 0 Å². The molecule has 6 nitrogen and oxygen atoms in total. The summed E-state index contributed by atoms with van der Waals surface area (Å²) in [6.07, 6.45) is 3.89. The molecule has 1 fully saturated rings. The van der Waals surface area contributed by atoms with Crippen molar-refractivity contribution in [3.8, 4) is 0 Å². The van der Waals surface area contributed by atoms with Gasteiger partial charge >= 0.3 is 11.9 Å². The first-order valence-electron chi connectivity index (χ1n) is 9.22. The molecular weight excluding hydrogens is 380 g/mol. The summed E-state index contributed by atoms with van der Waals surface area (Å²) in [5.41, 5.74) is -0.650. The van der Waals surface area contributed by atoms with Gasteiger partial charge in [-0.1, -0.05) is 43.5 Å². The first kappa shape index (κ1) is 20.1. The van der Waals surface area contributed by atoms with Gasteiger partial charge in [0.15, 0.2) is 9.84 Å². The Kier molecular flexibility index (Phi) is 5.84. The Morgan fingerprint density at radius 2 is 1.36 bits per heavy atom. The molecule has 0 bridgehead atoms. The second kappa shape index (κ2) is 8.14. The van der Waals surface area contributed by atoms with Crippen LogP contribution in [-0.4, -0.2) is 30.6 Å². The van der Waals surface area contributed by atoms with Crippen molar-refractivity contribution >= 4 is 21.8 Å². The molecule has 0 spiro atoms. The van der Waals surface area contributed by atoms with Crippen LogP contribution in [0, 0.1) is 5.92 Å². The summed E-state index contributed by atoms with van der Waals surface area (Å²) in [6, 6.07) is 11.7. The van der Waals surface area contributed by atoms with Gasteiger partial charge in [0.25, 0.3) is 0 Å². The third-order valence-electron chi connectivity index (χ3n) is 5.34. The van der Waals surface area contributed by atoms with Crippen LogP contribution in [0.3, 0.4) is 0 Å². The van der Waals surface area contributed by atoms with E-state index in [1.54, 1.807) is 18.2 Å². The molecule has 1 saturated carbocycles. The number of hydrogen-bond acceptors (Lipinski definition) is 4. The van der Waals surface area contributed by atoms with Crippen molar-refractivity contribution in [3.05, 3.63) is 65.2 Å². The van der Waals surface area contributed by atoms with E-state index in [0.29, 0.717) is 12.8 Å². The lowest BCUT2D eigenvalue weighted by Crippen LogP contribution is -2.28. The molecule has 3 rings (SSSR count). The van der Waals surface area contributed by atoms with Crippen LogP contribution in [-0.2, 0) is 9.84 Å². The lowest BCUT2D eigenvalue weighted by atomic mass is 9.82. The van der Waals surface area contributed by atoms with E-state index in [2.05, 4.69) is 0 Å². The van der Waals surface area contributed by atoms with Crippen molar-refractivity contribution in [2.24, 2.45) is 5.92 Å². The summed E-state index contributed by atoms with van der Waals surface area (Å²) >= 11 is 0. The van der Waals surface area contributed by atoms with Crippen molar-refractivity contribution in [2.75, 3.05) is 0 Å². The van der Waals surface area contributed by atoms with Gasteiger partial charge < -0.3 is 10.2 Å². The molecule has 28 heavy (non-hydrogen) atoms. The van der Waals surface area contributed by atoms with Crippen LogP contribution in [0.25, 0.3) is 0 Å². The zero-order valence-corrected chi connectivity index (χ0v) is 16.1. The summed E-state index contributed by atoms with van der Waals surface area (Å²) in [6.45, 7) is 0. The van der Waals surface area contributed by atoms with Gasteiger partial charge in [0.1, 0.15) is 0 Å². The van der Waals surface area contributed by atoms with Gasteiger partial charge in [0, 0.05) is 0 Å². The Morgan fingerprint density at radius 3 is 1.86 bits per heavy atom. The topological polar surface area (TPSA) is 109 Å². The average molecular weight is 402 g/mol. The van der Waals surface area contributed by atoms with Gasteiger partial charge in [0.2, 0.25) is 0 Å². The Morgan fingerprint density at radius 1 is 0.821 bits per heavy atom. The molecule has 148 valence electrons. The summed E-state index contributed by atoms with van der Waals surface area (Å²) in [7, 11) is -3.99. The third-order valence-corrected chi connectivity index (χ3v) is 7.55. The highest BCUT2D eigenvalue weighted by Crippen LogP contribution is 2.44. The van der Waals surface area contributed by atoms with E-state index >= 15 is 0 Å². The van der Waals surface area contributed by atoms with Crippen molar-refractivity contribution in [1.29, 1.82) is 0 Å². The summed E-state index contributed by atoms with van der Waals surface area (Å²) < 4.78 is 27.2. The Hall–Kier alpha value is -2.67. The lowest BCUT2D eigenvalue weighted by molar-refractivity contribution is 0.0694. The first-order valence-corrected chi connectivity index (χ1v) is 10.8. The van der Waals surface area contributed by atoms with Crippen molar-refractivity contribution in [1.82, 2.24) is 0 Å². The average Bonchev–Trinajstić information content (AvgIpc) is 2.69. The second-order valence-electron chi connectivity index (χ2n) is 7.05. The fourth-order valence-corrected chi connectivity index (χ4v) is 6.26. The minimum atomic E-state index is -3.99. The number of carboxylic acids is 2. The van der Waals surface area contributed by atoms with Crippen LogP contribution in [0.1, 0.15) is 63.6 Å². The highest BCUT2D eigenvalue weighted by atomic mass is 32.2. The number of carboxylic acid groups (broad SMARTS) is 2. The van der Waals surface area contributed by atoms with E-state index in [1.165, 1.54) is 30.3 Å². The number of aromatic carboxylic acids is 2. The summed E-state index contributed by atoms with van der Waals surface area (Å²) in [5, 5.41) is 18.1. The van der Waals surface area contributed by atoms with E-state index in [1.807, 2.05) is 0 Å². The molecule has 0 aromatic heterocycles. The minimum Gasteiger partial charge on any atom is -0.478 e. The molecule has 1 aliphatic rings. The predicted octanol–water partition coefficient (Wildman–Crippen LogP) is 4.18. The molecule has 1 atom stereocenters. The molecule has 0 amide bonds. The maximum Gasteiger partial charge on any atom is 0.336 e. The summed E-state index contributed by atoms with van der Waals surface area (Å²) in [4.78, 5) is 23.8. The smallest absolute Gasteiger partial charge is 0.336 e. The monoisotopic (exact) mass is 402 g/mol. The van der Waals surface area contributed by atoms with E-state index in [0.717, 1.165) is 19.3 Å². The first-order chi connectivity index (χ1) is 13.3. The number of hydrogen-bond donors (Lipinski definition) is 2. The molecule has 7 heteroatoms. The van der Waals surface area contributed by atoms with Gasteiger partial charge in [-0.25, -0.2) is 18.0 Å². The largest absolute Gasteiger partial charge is 0.478 e. The molecule has 1 aliphatic carbocycles. The Balaban J connectivity index is 2.30. The molecule has 0 aliphatic heterocycles. The Bertz CT molecular complexity index is 943. The fraction of sp³-hybridized carbons (Fsp3) is 0.333. The van der Waals surface area contributed by atoms with Crippen molar-refractivity contribution < 1.29 is 28.2 Å². The second-order valence-corrected chi connectivity index (χ2v) is 9.12. The number of carbonyl (C=O) groups is 2. The SMILES string of the molecule is O=C(O)c1cccc(C(=O)O)c1C(C1CCCCC1)S(=O)(=O)c1ccccc1. The van der Waals surface area contributed by atoms with Crippen LogP contribution >= 0.6 is 0 Å². The highest BCUT2D eigenvalue weighted by Gasteiger charge is 2.41. The lowest BCUT2D eigenvalue weighted by Gasteiger charge is -2.32. The van der Waals surface area contributed by atoms with Gasteiger partial charge in [-0.2, -0.15) is 0 Å². The zero-order valence-electron chi connectivity index (χ0n) is 15.2. The summed E-state index contributed by atoms with van der Waals surface area (Å²) in [5.74, 6) is -3.00. The molecule has 0 saturated heterocycles. The molecular formula is C21H22O6S. The van der Waals surface area contributed by atoms with Crippen LogP contribution < -0.4 is 0 Å². The number of rotatable bonds is 6. The maximum atomic E-state index is 13.6. The van der Waals surface area contributed by atoms with Crippen LogP contribution in [0.5, 0.6) is 0 Å². The molecule has 0 heterocycles. The third kappa shape index (κ3) is 3.80. The molecule has 2 N–H and O–H groups in total. The maximum absolute atomic E-state index is 13.6. The van der Waals surface area contributed by atoms with Gasteiger partial charge in [-0.05, 0) is 48.6 Å².